The molecule has 2 aromatic heterocycles. The summed E-state index contributed by atoms with van der Waals surface area (Å²) in [7, 11) is 0. The van der Waals surface area contributed by atoms with Crippen molar-refractivity contribution < 1.29 is 23.8 Å². The second-order valence-corrected chi connectivity index (χ2v) is 7.71. The summed E-state index contributed by atoms with van der Waals surface area (Å²) >= 11 is 0. The minimum atomic E-state index is -0.536. The average molecular weight is 482 g/mol. The number of nitrogens with zero attached hydrogens (tertiary/aromatic N) is 3. The number of carbonyl (C=O) groups excluding carboxylic acids is 2. The molecule has 35 heavy (non-hydrogen) atoms. The first-order valence-corrected chi connectivity index (χ1v) is 11.6. The Morgan fingerprint density at radius 1 is 0.943 bits per heavy atom. The summed E-state index contributed by atoms with van der Waals surface area (Å²) in [5, 5.41) is 4.34. The van der Waals surface area contributed by atoms with E-state index in [0.29, 0.717) is 54.1 Å². The molecular weight excluding hydrogens is 450 g/mol. The van der Waals surface area contributed by atoms with Crippen molar-refractivity contribution in [2.24, 2.45) is 0 Å². The fourth-order valence-corrected chi connectivity index (χ4v) is 3.52. The summed E-state index contributed by atoms with van der Waals surface area (Å²) in [6.07, 6.45) is 3.12. The number of carbonyl (C=O) groups is 2. The monoisotopic (exact) mass is 481 g/mol. The van der Waals surface area contributed by atoms with Gasteiger partial charge in [-0.3, -0.25) is 20.4 Å². The minimum absolute atomic E-state index is 0.0235. The van der Waals surface area contributed by atoms with Crippen LogP contribution in [0.4, 0.5) is 0 Å². The van der Waals surface area contributed by atoms with E-state index in [0.717, 1.165) is 0 Å². The van der Waals surface area contributed by atoms with E-state index in [1.165, 1.54) is 6.20 Å². The predicted octanol–water partition coefficient (Wildman–Crippen LogP) is 3.66. The molecule has 3 rings (SSSR count). The zero-order chi connectivity index (χ0) is 25.4. The summed E-state index contributed by atoms with van der Waals surface area (Å²) in [6.45, 7) is 10.6. The number of ether oxygens (including phenoxy) is 3. The van der Waals surface area contributed by atoms with Crippen LogP contribution in [0.25, 0.3) is 5.82 Å². The van der Waals surface area contributed by atoms with Gasteiger partial charge in [-0.25, -0.2) is 9.67 Å². The molecule has 0 aliphatic heterocycles. The van der Waals surface area contributed by atoms with Crippen LogP contribution in [-0.4, -0.2) is 46.4 Å². The number of hydrogen-bond acceptors (Lipinski definition) is 7. The normalized spacial score (nSPS) is 10.7. The van der Waals surface area contributed by atoms with Crippen LogP contribution in [0.1, 0.15) is 66.9 Å². The third-order valence-electron chi connectivity index (χ3n) is 4.93. The summed E-state index contributed by atoms with van der Waals surface area (Å²) in [5.41, 5.74) is 6.19. The fourth-order valence-electron chi connectivity index (χ4n) is 3.52. The molecule has 2 heterocycles. The van der Waals surface area contributed by atoms with E-state index in [4.69, 9.17) is 14.2 Å². The average Bonchev–Trinajstić information content (AvgIpc) is 3.31. The molecule has 0 atom stereocenters. The van der Waals surface area contributed by atoms with Gasteiger partial charge in [0.2, 0.25) is 5.75 Å². The number of amides is 2. The van der Waals surface area contributed by atoms with Crippen LogP contribution in [0.15, 0.2) is 42.7 Å². The Kier molecular flexibility index (Phi) is 8.66. The SMILES string of the molecule is CCOc1cc(C(=O)NNC(=O)c2cnn(-c3ccccn3)c2C(C)C)cc(OCC)c1OCC. The minimum Gasteiger partial charge on any atom is -0.490 e. The highest BCUT2D eigenvalue weighted by molar-refractivity contribution is 6.00. The van der Waals surface area contributed by atoms with Gasteiger partial charge in [0.1, 0.15) is 0 Å². The van der Waals surface area contributed by atoms with E-state index >= 15 is 0 Å². The van der Waals surface area contributed by atoms with Crippen molar-refractivity contribution >= 4 is 11.8 Å². The first-order chi connectivity index (χ1) is 16.9. The molecular formula is C25H31N5O5. The Morgan fingerprint density at radius 2 is 1.57 bits per heavy atom. The lowest BCUT2D eigenvalue weighted by Crippen LogP contribution is -2.42. The molecule has 0 saturated heterocycles. The summed E-state index contributed by atoms with van der Waals surface area (Å²) in [5.74, 6) is 0.744. The van der Waals surface area contributed by atoms with Crippen LogP contribution in [-0.2, 0) is 0 Å². The summed E-state index contributed by atoms with van der Waals surface area (Å²) < 4.78 is 18.6. The highest BCUT2D eigenvalue weighted by Crippen LogP contribution is 2.39. The van der Waals surface area contributed by atoms with E-state index < -0.39 is 11.8 Å². The van der Waals surface area contributed by atoms with Crippen molar-refractivity contribution in [1.29, 1.82) is 0 Å². The Hall–Kier alpha value is -4.08. The van der Waals surface area contributed by atoms with Crippen LogP contribution in [0, 0.1) is 0 Å². The first kappa shape index (κ1) is 25.5. The van der Waals surface area contributed by atoms with Gasteiger partial charge >= 0.3 is 0 Å². The zero-order valence-electron chi connectivity index (χ0n) is 20.6. The molecule has 0 aliphatic carbocycles. The molecule has 186 valence electrons. The van der Waals surface area contributed by atoms with Crippen LogP contribution in [0.5, 0.6) is 17.2 Å². The standard InChI is InChI=1S/C25H31N5O5/c1-6-33-19-13-17(14-20(34-7-2)23(19)35-8-3)24(31)28-29-25(32)18-15-27-30(22(18)16(4)5)21-11-9-10-12-26-21/h9-16H,6-8H2,1-5H3,(H,28,31)(H,29,32). The van der Waals surface area contributed by atoms with Crippen LogP contribution >= 0.6 is 0 Å². The molecule has 2 N–H and O–H groups in total. The van der Waals surface area contributed by atoms with Crippen molar-refractivity contribution in [2.75, 3.05) is 19.8 Å². The Labute approximate surface area is 204 Å². The van der Waals surface area contributed by atoms with Gasteiger partial charge in [0, 0.05) is 11.8 Å². The van der Waals surface area contributed by atoms with Gasteiger partial charge in [-0.15, -0.1) is 0 Å². The number of hydrogen-bond donors (Lipinski definition) is 2. The molecule has 3 aromatic rings. The first-order valence-electron chi connectivity index (χ1n) is 11.6. The third kappa shape index (κ3) is 5.89. The molecule has 0 aliphatic rings. The lowest BCUT2D eigenvalue weighted by Gasteiger charge is -2.17. The van der Waals surface area contributed by atoms with Gasteiger partial charge in [-0.1, -0.05) is 19.9 Å². The number of aromatic nitrogens is 3. The number of rotatable bonds is 10. The smallest absolute Gasteiger partial charge is 0.273 e. The Bertz CT molecular complexity index is 1130. The van der Waals surface area contributed by atoms with E-state index in [1.54, 1.807) is 35.1 Å². The molecule has 2 amide bonds. The molecule has 0 saturated carbocycles. The van der Waals surface area contributed by atoms with Gasteiger partial charge in [-0.2, -0.15) is 5.10 Å². The van der Waals surface area contributed by atoms with E-state index in [1.807, 2.05) is 40.7 Å². The maximum atomic E-state index is 13.0. The maximum absolute atomic E-state index is 13.0. The largest absolute Gasteiger partial charge is 0.490 e. The van der Waals surface area contributed by atoms with Crippen molar-refractivity contribution in [1.82, 2.24) is 25.6 Å². The fraction of sp³-hybridized carbons (Fsp3) is 0.360. The second-order valence-electron chi connectivity index (χ2n) is 7.71. The van der Waals surface area contributed by atoms with Gasteiger partial charge in [0.05, 0.1) is 37.3 Å². The van der Waals surface area contributed by atoms with Gasteiger partial charge < -0.3 is 14.2 Å². The molecule has 10 nitrogen and oxygen atoms in total. The molecule has 0 spiro atoms. The van der Waals surface area contributed by atoms with Crippen LogP contribution in [0.2, 0.25) is 0 Å². The van der Waals surface area contributed by atoms with Gasteiger partial charge in [0.15, 0.2) is 17.3 Å². The Morgan fingerprint density at radius 3 is 2.11 bits per heavy atom. The lowest BCUT2D eigenvalue weighted by atomic mass is 10.1. The van der Waals surface area contributed by atoms with E-state index in [9.17, 15) is 9.59 Å². The summed E-state index contributed by atoms with van der Waals surface area (Å²) in [4.78, 5) is 30.2. The summed E-state index contributed by atoms with van der Waals surface area (Å²) in [6, 6.07) is 8.56. The molecule has 0 fully saturated rings. The van der Waals surface area contributed by atoms with Gasteiger partial charge in [0.25, 0.3) is 11.8 Å². The van der Waals surface area contributed by atoms with E-state index in [2.05, 4.69) is 20.9 Å². The van der Waals surface area contributed by atoms with Crippen molar-refractivity contribution in [3.63, 3.8) is 0 Å². The molecule has 10 heteroatoms. The highest BCUT2D eigenvalue weighted by atomic mass is 16.5. The molecule has 1 aromatic carbocycles. The van der Waals surface area contributed by atoms with E-state index in [-0.39, 0.29) is 11.5 Å². The lowest BCUT2D eigenvalue weighted by molar-refractivity contribution is 0.0845. The van der Waals surface area contributed by atoms with Gasteiger partial charge in [-0.05, 0) is 51.0 Å². The quantitative estimate of drug-likeness (QED) is 0.425. The van der Waals surface area contributed by atoms with Crippen LogP contribution in [0.3, 0.4) is 0 Å². The van der Waals surface area contributed by atoms with Crippen LogP contribution < -0.4 is 25.1 Å². The number of nitrogens with one attached hydrogen (secondary N) is 2. The zero-order valence-corrected chi connectivity index (χ0v) is 20.6. The molecule has 0 radical (unpaired) electrons. The predicted molar refractivity (Wildman–Crippen MR) is 130 cm³/mol. The van der Waals surface area contributed by atoms with Crippen molar-refractivity contribution in [2.45, 2.75) is 40.5 Å². The van der Waals surface area contributed by atoms with Crippen molar-refractivity contribution in [3.05, 3.63) is 59.5 Å². The molecule has 0 bridgehead atoms. The Balaban J connectivity index is 1.82. The second kappa shape index (κ2) is 11.9. The number of pyridine rings is 1. The number of hydrazine groups is 1. The molecule has 0 unspecified atom stereocenters. The maximum Gasteiger partial charge on any atom is 0.273 e. The van der Waals surface area contributed by atoms with Crippen molar-refractivity contribution in [3.8, 4) is 23.1 Å². The highest BCUT2D eigenvalue weighted by Gasteiger charge is 2.23. The topological polar surface area (TPSA) is 117 Å². The third-order valence-corrected chi connectivity index (χ3v) is 4.93. The number of benzene rings is 1.